The number of carbonyl (C=O) groups is 1. The summed E-state index contributed by atoms with van der Waals surface area (Å²) in [5.74, 6) is 1.23. The van der Waals surface area contributed by atoms with Crippen LogP contribution >= 0.6 is 11.3 Å². The van der Waals surface area contributed by atoms with Crippen molar-refractivity contribution in [1.29, 1.82) is 0 Å². The van der Waals surface area contributed by atoms with Crippen molar-refractivity contribution in [2.75, 3.05) is 36.4 Å². The quantitative estimate of drug-likeness (QED) is 0.478. The SMILES string of the molecule is Cc1cccc(-c2nc3sc(N4CCN(C(=O)c5ccco5)CC4)nn3c2NC(C)(C)C)c1. The van der Waals surface area contributed by atoms with Gasteiger partial charge < -0.3 is 19.5 Å². The minimum atomic E-state index is -0.143. The normalized spacial score (nSPS) is 14.8. The van der Waals surface area contributed by atoms with Crippen LogP contribution in [0.4, 0.5) is 10.9 Å². The summed E-state index contributed by atoms with van der Waals surface area (Å²) in [6.45, 7) is 11.2. The summed E-state index contributed by atoms with van der Waals surface area (Å²) in [5, 5.41) is 9.44. The predicted molar refractivity (Wildman–Crippen MR) is 131 cm³/mol. The Morgan fingerprint density at radius 2 is 1.91 bits per heavy atom. The summed E-state index contributed by atoms with van der Waals surface area (Å²) in [6, 6.07) is 11.8. The van der Waals surface area contributed by atoms with Crippen molar-refractivity contribution in [3.05, 3.63) is 54.0 Å². The molecule has 1 amide bonds. The summed E-state index contributed by atoms with van der Waals surface area (Å²) in [6.07, 6.45) is 1.53. The van der Waals surface area contributed by atoms with E-state index in [1.807, 2.05) is 9.42 Å². The van der Waals surface area contributed by atoms with Crippen LogP contribution in [0.2, 0.25) is 0 Å². The average molecular weight is 465 g/mol. The molecular weight excluding hydrogens is 436 g/mol. The number of rotatable bonds is 4. The van der Waals surface area contributed by atoms with Crippen molar-refractivity contribution >= 4 is 33.2 Å². The molecule has 0 aliphatic carbocycles. The van der Waals surface area contributed by atoms with E-state index in [0.29, 0.717) is 18.8 Å². The molecule has 1 saturated heterocycles. The molecule has 1 N–H and O–H groups in total. The summed E-state index contributed by atoms with van der Waals surface area (Å²) >= 11 is 1.58. The molecule has 9 heteroatoms. The molecule has 1 aromatic carbocycles. The summed E-state index contributed by atoms with van der Waals surface area (Å²) < 4.78 is 7.18. The largest absolute Gasteiger partial charge is 0.459 e. The second-order valence-electron chi connectivity index (χ2n) is 9.39. The van der Waals surface area contributed by atoms with Gasteiger partial charge >= 0.3 is 0 Å². The van der Waals surface area contributed by atoms with Crippen molar-refractivity contribution in [1.82, 2.24) is 19.5 Å². The summed E-state index contributed by atoms with van der Waals surface area (Å²) in [4.78, 5) is 22.4. The number of carbonyl (C=O) groups excluding carboxylic acids is 1. The molecule has 3 aromatic heterocycles. The van der Waals surface area contributed by atoms with Crippen molar-refractivity contribution in [2.45, 2.75) is 33.2 Å². The lowest BCUT2D eigenvalue weighted by atomic mass is 10.1. The number of aromatic nitrogens is 3. The number of anilines is 2. The first kappa shape index (κ1) is 21.5. The lowest BCUT2D eigenvalue weighted by Gasteiger charge is -2.33. The number of fused-ring (bicyclic) bond motifs is 1. The third kappa shape index (κ3) is 4.32. The second kappa shape index (κ2) is 8.22. The third-order valence-electron chi connectivity index (χ3n) is 5.55. The number of amides is 1. The van der Waals surface area contributed by atoms with E-state index in [-0.39, 0.29) is 11.4 Å². The number of piperazine rings is 1. The fourth-order valence-electron chi connectivity index (χ4n) is 3.98. The van der Waals surface area contributed by atoms with E-state index in [0.717, 1.165) is 40.3 Å². The van der Waals surface area contributed by atoms with Crippen LogP contribution in [0.1, 0.15) is 36.9 Å². The van der Waals surface area contributed by atoms with Crippen LogP contribution in [-0.2, 0) is 0 Å². The smallest absolute Gasteiger partial charge is 0.289 e. The predicted octanol–water partition coefficient (Wildman–Crippen LogP) is 4.53. The van der Waals surface area contributed by atoms with E-state index in [1.165, 1.54) is 11.8 Å². The first-order chi connectivity index (χ1) is 15.8. The molecule has 0 bridgehead atoms. The van der Waals surface area contributed by atoms with E-state index in [2.05, 4.69) is 62.2 Å². The summed E-state index contributed by atoms with van der Waals surface area (Å²) in [5.41, 5.74) is 3.04. The van der Waals surface area contributed by atoms with E-state index < -0.39 is 0 Å². The molecule has 8 nitrogen and oxygen atoms in total. The topological polar surface area (TPSA) is 78.9 Å². The van der Waals surface area contributed by atoms with E-state index in [9.17, 15) is 4.79 Å². The number of aryl methyl sites for hydroxylation is 1. The number of benzene rings is 1. The maximum Gasteiger partial charge on any atom is 0.289 e. The third-order valence-corrected chi connectivity index (χ3v) is 6.52. The van der Waals surface area contributed by atoms with Gasteiger partial charge in [-0.1, -0.05) is 35.1 Å². The van der Waals surface area contributed by atoms with Gasteiger partial charge in [0.25, 0.3) is 5.91 Å². The van der Waals surface area contributed by atoms with Crippen LogP contribution in [0.25, 0.3) is 16.2 Å². The Labute approximate surface area is 196 Å². The second-order valence-corrected chi connectivity index (χ2v) is 10.3. The van der Waals surface area contributed by atoms with Crippen LogP contribution in [0.15, 0.2) is 47.1 Å². The Morgan fingerprint density at radius 3 is 2.58 bits per heavy atom. The number of nitrogens with one attached hydrogen (secondary N) is 1. The van der Waals surface area contributed by atoms with Gasteiger partial charge in [-0.2, -0.15) is 4.52 Å². The molecule has 0 unspecified atom stereocenters. The minimum Gasteiger partial charge on any atom is -0.459 e. The average Bonchev–Trinajstić information content (AvgIpc) is 3.50. The molecule has 0 saturated carbocycles. The fourth-order valence-corrected chi connectivity index (χ4v) is 4.94. The Bertz CT molecular complexity index is 1280. The van der Waals surface area contributed by atoms with E-state index >= 15 is 0 Å². The van der Waals surface area contributed by atoms with Gasteiger partial charge in [0.15, 0.2) is 11.6 Å². The highest BCUT2D eigenvalue weighted by molar-refractivity contribution is 7.20. The van der Waals surface area contributed by atoms with Crippen molar-refractivity contribution < 1.29 is 9.21 Å². The standard InChI is InChI=1S/C24H28N6O2S/c1-16-7-5-8-17(15-16)19-20(26-24(2,3)4)30-22(25-19)33-23(27-30)29-12-10-28(11-13-29)21(31)18-9-6-14-32-18/h5-9,14-15,26H,10-13H2,1-4H3. The zero-order valence-electron chi connectivity index (χ0n) is 19.3. The van der Waals surface area contributed by atoms with Crippen LogP contribution in [0.5, 0.6) is 0 Å². The van der Waals surface area contributed by atoms with Crippen LogP contribution in [0, 0.1) is 6.92 Å². The van der Waals surface area contributed by atoms with Crippen molar-refractivity contribution in [3.8, 4) is 11.3 Å². The van der Waals surface area contributed by atoms with Crippen molar-refractivity contribution in [2.24, 2.45) is 0 Å². The molecule has 0 radical (unpaired) electrons. The van der Waals surface area contributed by atoms with E-state index in [1.54, 1.807) is 23.5 Å². The molecule has 1 aliphatic heterocycles. The van der Waals surface area contributed by atoms with Gasteiger partial charge in [-0.05, 0) is 45.9 Å². The highest BCUT2D eigenvalue weighted by Gasteiger charge is 2.27. The maximum absolute atomic E-state index is 12.6. The molecule has 1 fully saturated rings. The van der Waals surface area contributed by atoms with Crippen LogP contribution < -0.4 is 10.2 Å². The first-order valence-electron chi connectivity index (χ1n) is 11.1. The van der Waals surface area contributed by atoms with Gasteiger partial charge in [-0.15, -0.1) is 5.10 Å². The first-order valence-corrected chi connectivity index (χ1v) is 11.9. The number of furan rings is 1. The van der Waals surface area contributed by atoms with Gasteiger partial charge in [0.05, 0.1) is 6.26 Å². The molecule has 4 heterocycles. The molecule has 33 heavy (non-hydrogen) atoms. The van der Waals surface area contributed by atoms with Crippen molar-refractivity contribution in [3.63, 3.8) is 0 Å². The monoisotopic (exact) mass is 464 g/mol. The number of nitrogens with zero attached hydrogens (tertiary/aromatic N) is 5. The van der Waals surface area contributed by atoms with Gasteiger partial charge in [-0.25, -0.2) is 4.98 Å². The molecular formula is C24H28N6O2S. The lowest BCUT2D eigenvalue weighted by molar-refractivity contribution is 0.0714. The molecule has 1 aliphatic rings. The van der Waals surface area contributed by atoms with Gasteiger partial charge in [0.1, 0.15) is 5.69 Å². The van der Waals surface area contributed by atoms with Crippen LogP contribution in [-0.4, -0.2) is 57.1 Å². The maximum atomic E-state index is 12.6. The zero-order valence-corrected chi connectivity index (χ0v) is 20.1. The zero-order chi connectivity index (χ0) is 23.2. The Hall–Kier alpha value is -3.33. The molecule has 0 spiro atoms. The van der Waals surface area contributed by atoms with Gasteiger partial charge in [0.2, 0.25) is 10.1 Å². The molecule has 4 aromatic rings. The van der Waals surface area contributed by atoms with Gasteiger partial charge in [0, 0.05) is 37.3 Å². The summed E-state index contributed by atoms with van der Waals surface area (Å²) in [7, 11) is 0. The number of hydrogen-bond acceptors (Lipinski definition) is 7. The lowest BCUT2D eigenvalue weighted by Crippen LogP contribution is -2.48. The minimum absolute atomic E-state index is 0.0620. The fraction of sp³-hybridized carbons (Fsp3) is 0.375. The van der Waals surface area contributed by atoms with Crippen LogP contribution in [0.3, 0.4) is 0 Å². The number of imidazole rings is 1. The van der Waals surface area contributed by atoms with E-state index in [4.69, 9.17) is 14.5 Å². The molecule has 172 valence electrons. The highest BCUT2D eigenvalue weighted by atomic mass is 32.1. The highest BCUT2D eigenvalue weighted by Crippen LogP contribution is 2.35. The Morgan fingerprint density at radius 1 is 1.12 bits per heavy atom. The Balaban J connectivity index is 1.41. The van der Waals surface area contributed by atoms with Gasteiger partial charge in [-0.3, -0.25) is 4.79 Å². The molecule has 5 rings (SSSR count). The Kier molecular flexibility index (Phi) is 5.36. The molecule has 0 atom stereocenters. The number of hydrogen-bond donors (Lipinski definition) is 1.